The Kier molecular flexibility index (Phi) is 3.48. The molecule has 0 aliphatic rings. The van der Waals surface area contributed by atoms with E-state index >= 15 is 0 Å². The Morgan fingerprint density at radius 3 is 2.57 bits per heavy atom. The lowest BCUT2D eigenvalue weighted by Gasteiger charge is -2.04. The second-order valence-electron chi connectivity index (χ2n) is 4.96. The predicted octanol–water partition coefficient (Wildman–Crippen LogP) is 3.46. The molecule has 2 aromatic heterocycles. The molecule has 5 heteroatoms. The van der Waals surface area contributed by atoms with Crippen LogP contribution in [0.2, 0.25) is 0 Å². The van der Waals surface area contributed by atoms with E-state index in [4.69, 9.17) is 9.15 Å². The highest BCUT2D eigenvalue weighted by Crippen LogP contribution is 2.23. The van der Waals surface area contributed by atoms with Gasteiger partial charge in [0.25, 0.3) is 6.01 Å². The van der Waals surface area contributed by atoms with Crippen molar-refractivity contribution in [1.82, 2.24) is 9.97 Å². The van der Waals surface area contributed by atoms with Crippen LogP contribution in [0, 0.1) is 13.8 Å². The third-order valence-electron chi connectivity index (χ3n) is 3.18. The van der Waals surface area contributed by atoms with E-state index in [-0.39, 0.29) is 0 Å². The van der Waals surface area contributed by atoms with Crippen molar-refractivity contribution in [2.45, 2.75) is 20.4 Å². The van der Waals surface area contributed by atoms with Crippen molar-refractivity contribution in [2.24, 2.45) is 0 Å². The van der Waals surface area contributed by atoms with E-state index in [0.29, 0.717) is 18.1 Å². The minimum atomic E-state index is 0.505. The molecule has 0 spiro atoms. The van der Waals surface area contributed by atoms with Crippen LogP contribution in [-0.2, 0) is 6.54 Å². The molecule has 3 rings (SSSR count). The molecule has 5 nitrogen and oxygen atoms in total. The molecule has 0 amide bonds. The summed E-state index contributed by atoms with van der Waals surface area (Å²) in [5, 5.41) is 3.20. The number of nitrogens with zero attached hydrogens (tertiary/aromatic N) is 2. The van der Waals surface area contributed by atoms with Gasteiger partial charge in [0.1, 0.15) is 11.3 Å². The SMILES string of the molecule is COc1ccc2nc(NCc3cc(C)nc(C)c3)oc2c1. The van der Waals surface area contributed by atoms with Crippen molar-refractivity contribution in [1.29, 1.82) is 0 Å². The number of aryl methyl sites for hydroxylation is 2. The summed E-state index contributed by atoms with van der Waals surface area (Å²) in [4.78, 5) is 8.76. The number of hydrogen-bond acceptors (Lipinski definition) is 5. The zero-order valence-electron chi connectivity index (χ0n) is 12.3. The summed E-state index contributed by atoms with van der Waals surface area (Å²) in [6, 6.07) is 10.2. The first-order chi connectivity index (χ1) is 10.1. The van der Waals surface area contributed by atoms with Crippen molar-refractivity contribution in [3.63, 3.8) is 0 Å². The Balaban J connectivity index is 1.78. The number of benzene rings is 1. The lowest BCUT2D eigenvalue weighted by atomic mass is 10.2. The Morgan fingerprint density at radius 1 is 1.10 bits per heavy atom. The molecule has 0 fully saturated rings. The van der Waals surface area contributed by atoms with Crippen molar-refractivity contribution >= 4 is 17.1 Å². The highest BCUT2D eigenvalue weighted by molar-refractivity contribution is 5.76. The van der Waals surface area contributed by atoms with E-state index in [9.17, 15) is 0 Å². The van der Waals surface area contributed by atoms with Crippen LogP contribution < -0.4 is 10.1 Å². The fourth-order valence-corrected chi connectivity index (χ4v) is 2.31. The van der Waals surface area contributed by atoms with E-state index in [1.54, 1.807) is 7.11 Å². The summed E-state index contributed by atoms with van der Waals surface area (Å²) in [6.07, 6.45) is 0. The summed E-state index contributed by atoms with van der Waals surface area (Å²) in [7, 11) is 1.63. The van der Waals surface area contributed by atoms with Gasteiger partial charge in [-0.25, -0.2) is 0 Å². The Bertz CT molecular complexity index is 760. The van der Waals surface area contributed by atoms with E-state index in [1.165, 1.54) is 0 Å². The van der Waals surface area contributed by atoms with Crippen LogP contribution in [0.15, 0.2) is 34.7 Å². The average Bonchev–Trinajstić information content (AvgIpc) is 2.85. The molecule has 0 radical (unpaired) electrons. The summed E-state index contributed by atoms with van der Waals surface area (Å²) in [5.41, 5.74) is 4.68. The number of anilines is 1. The van der Waals surface area contributed by atoms with Gasteiger partial charge in [-0.1, -0.05) is 0 Å². The van der Waals surface area contributed by atoms with Crippen LogP contribution in [0.5, 0.6) is 5.75 Å². The van der Waals surface area contributed by atoms with Gasteiger partial charge in [0, 0.05) is 24.0 Å². The number of rotatable bonds is 4. The molecular formula is C16H17N3O2. The first-order valence-corrected chi connectivity index (χ1v) is 6.76. The molecule has 0 saturated heterocycles. The normalized spacial score (nSPS) is 10.8. The van der Waals surface area contributed by atoms with Crippen LogP contribution in [0.4, 0.5) is 6.01 Å². The minimum absolute atomic E-state index is 0.505. The number of aromatic nitrogens is 2. The Morgan fingerprint density at radius 2 is 1.86 bits per heavy atom. The van der Waals surface area contributed by atoms with Gasteiger partial charge in [0.05, 0.1) is 7.11 Å². The van der Waals surface area contributed by atoms with Crippen molar-refractivity contribution in [3.05, 3.63) is 47.3 Å². The van der Waals surface area contributed by atoms with Gasteiger partial charge in [0.2, 0.25) is 0 Å². The number of nitrogens with one attached hydrogen (secondary N) is 1. The minimum Gasteiger partial charge on any atom is -0.497 e. The Hall–Kier alpha value is -2.56. The number of hydrogen-bond donors (Lipinski definition) is 1. The van der Waals surface area contributed by atoms with E-state index < -0.39 is 0 Å². The van der Waals surface area contributed by atoms with Gasteiger partial charge < -0.3 is 14.5 Å². The smallest absolute Gasteiger partial charge is 0.295 e. The standard InChI is InChI=1S/C16H17N3O2/c1-10-6-12(7-11(2)18-10)9-17-16-19-14-5-4-13(20-3)8-15(14)21-16/h4-8H,9H2,1-3H3,(H,17,19). The van der Waals surface area contributed by atoms with Gasteiger partial charge in [-0.05, 0) is 43.7 Å². The first kappa shape index (κ1) is 13.4. The highest BCUT2D eigenvalue weighted by Gasteiger charge is 2.07. The van der Waals surface area contributed by atoms with Crippen molar-refractivity contribution in [3.8, 4) is 5.75 Å². The molecule has 3 aromatic rings. The van der Waals surface area contributed by atoms with Gasteiger partial charge in [0.15, 0.2) is 5.58 Å². The summed E-state index contributed by atoms with van der Waals surface area (Å²) >= 11 is 0. The number of pyridine rings is 1. The molecular weight excluding hydrogens is 266 g/mol. The third kappa shape index (κ3) is 2.97. The second-order valence-corrected chi connectivity index (χ2v) is 4.96. The van der Waals surface area contributed by atoms with Crippen LogP contribution >= 0.6 is 0 Å². The number of ether oxygens (including phenoxy) is 1. The zero-order chi connectivity index (χ0) is 14.8. The largest absolute Gasteiger partial charge is 0.497 e. The molecule has 108 valence electrons. The first-order valence-electron chi connectivity index (χ1n) is 6.76. The van der Waals surface area contributed by atoms with Gasteiger partial charge >= 0.3 is 0 Å². The summed E-state index contributed by atoms with van der Waals surface area (Å²) < 4.78 is 10.8. The summed E-state index contributed by atoms with van der Waals surface area (Å²) in [5.74, 6) is 0.755. The van der Waals surface area contributed by atoms with E-state index in [2.05, 4.69) is 15.3 Å². The fourth-order valence-electron chi connectivity index (χ4n) is 2.31. The van der Waals surface area contributed by atoms with Gasteiger partial charge in [-0.2, -0.15) is 4.98 Å². The van der Waals surface area contributed by atoms with Crippen LogP contribution in [0.1, 0.15) is 17.0 Å². The fraction of sp³-hybridized carbons (Fsp3) is 0.250. The topological polar surface area (TPSA) is 60.2 Å². The average molecular weight is 283 g/mol. The Labute approximate surface area is 123 Å². The van der Waals surface area contributed by atoms with Gasteiger partial charge in [-0.3, -0.25) is 4.98 Å². The van der Waals surface area contributed by atoms with Crippen molar-refractivity contribution < 1.29 is 9.15 Å². The quantitative estimate of drug-likeness (QED) is 0.794. The number of methoxy groups -OCH3 is 1. The third-order valence-corrected chi connectivity index (χ3v) is 3.18. The lowest BCUT2D eigenvalue weighted by molar-refractivity contribution is 0.414. The molecule has 0 atom stereocenters. The predicted molar refractivity (Wildman–Crippen MR) is 81.6 cm³/mol. The summed E-state index contributed by atoms with van der Waals surface area (Å²) in [6.45, 7) is 4.62. The van der Waals surface area contributed by atoms with Crippen LogP contribution in [0.25, 0.3) is 11.1 Å². The second kappa shape index (κ2) is 5.44. The number of oxazole rings is 1. The zero-order valence-corrected chi connectivity index (χ0v) is 12.3. The lowest BCUT2D eigenvalue weighted by Crippen LogP contribution is -2.01. The van der Waals surface area contributed by atoms with Crippen LogP contribution in [0.3, 0.4) is 0 Å². The number of fused-ring (bicyclic) bond motifs is 1. The highest BCUT2D eigenvalue weighted by atomic mass is 16.5. The monoisotopic (exact) mass is 283 g/mol. The molecule has 0 aliphatic carbocycles. The molecule has 0 bridgehead atoms. The molecule has 1 aromatic carbocycles. The molecule has 1 N–H and O–H groups in total. The van der Waals surface area contributed by atoms with Gasteiger partial charge in [-0.15, -0.1) is 0 Å². The van der Waals surface area contributed by atoms with Crippen LogP contribution in [-0.4, -0.2) is 17.1 Å². The maximum Gasteiger partial charge on any atom is 0.295 e. The molecule has 2 heterocycles. The maximum atomic E-state index is 5.67. The molecule has 0 saturated carbocycles. The van der Waals surface area contributed by atoms with E-state index in [1.807, 2.05) is 44.2 Å². The molecule has 0 unspecified atom stereocenters. The van der Waals surface area contributed by atoms with E-state index in [0.717, 1.165) is 28.2 Å². The van der Waals surface area contributed by atoms with Crippen molar-refractivity contribution in [2.75, 3.05) is 12.4 Å². The molecule has 0 aliphatic heterocycles. The maximum absolute atomic E-state index is 5.67. The molecule has 21 heavy (non-hydrogen) atoms.